The van der Waals surface area contributed by atoms with Crippen LogP contribution in [0, 0.1) is 0 Å². The molecule has 0 atom stereocenters. The van der Waals surface area contributed by atoms with E-state index in [4.69, 9.17) is 9.47 Å². The molecule has 0 unspecified atom stereocenters. The number of nitrogens with zero attached hydrogens (tertiary/aromatic N) is 1. The Balaban J connectivity index is 1.54. The SMILES string of the molecule is CCOc1ccc(S(=O)(=O)NCCNCCc2ccc(OC)cc2)c2cccnc12. The molecular formula is C22H27N3O4S. The Morgan fingerprint density at radius 2 is 1.80 bits per heavy atom. The first-order chi connectivity index (χ1) is 14.5. The predicted molar refractivity (Wildman–Crippen MR) is 118 cm³/mol. The van der Waals surface area contributed by atoms with Crippen molar-refractivity contribution in [1.29, 1.82) is 0 Å². The van der Waals surface area contributed by atoms with Crippen LogP contribution in [0.1, 0.15) is 12.5 Å². The zero-order valence-corrected chi connectivity index (χ0v) is 18.0. The molecule has 7 nitrogen and oxygen atoms in total. The fourth-order valence-electron chi connectivity index (χ4n) is 3.13. The highest BCUT2D eigenvalue weighted by Crippen LogP contribution is 2.29. The number of hydrogen-bond donors (Lipinski definition) is 2. The van der Waals surface area contributed by atoms with Crippen LogP contribution in [0.4, 0.5) is 0 Å². The summed E-state index contributed by atoms with van der Waals surface area (Å²) in [5.74, 6) is 1.41. The van der Waals surface area contributed by atoms with Gasteiger partial charge in [0.05, 0.1) is 18.6 Å². The van der Waals surface area contributed by atoms with Gasteiger partial charge >= 0.3 is 0 Å². The van der Waals surface area contributed by atoms with Gasteiger partial charge in [-0.25, -0.2) is 13.1 Å². The molecule has 30 heavy (non-hydrogen) atoms. The average molecular weight is 430 g/mol. The number of sulfonamides is 1. The van der Waals surface area contributed by atoms with Gasteiger partial charge in [-0.05, 0) is 61.9 Å². The first kappa shape index (κ1) is 22.0. The maximum absolute atomic E-state index is 12.8. The highest BCUT2D eigenvalue weighted by Gasteiger charge is 2.19. The van der Waals surface area contributed by atoms with E-state index < -0.39 is 10.0 Å². The van der Waals surface area contributed by atoms with Crippen molar-refractivity contribution in [3.8, 4) is 11.5 Å². The van der Waals surface area contributed by atoms with E-state index in [0.717, 1.165) is 18.7 Å². The molecule has 160 valence electrons. The lowest BCUT2D eigenvalue weighted by molar-refractivity contribution is 0.343. The molecule has 1 heterocycles. The van der Waals surface area contributed by atoms with E-state index in [2.05, 4.69) is 15.0 Å². The zero-order chi connectivity index (χ0) is 21.4. The summed E-state index contributed by atoms with van der Waals surface area (Å²) in [5, 5.41) is 3.80. The van der Waals surface area contributed by atoms with Crippen molar-refractivity contribution in [2.45, 2.75) is 18.2 Å². The number of benzene rings is 2. The molecule has 0 radical (unpaired) electrons. The van der Waals surface area contributed by atoms with E-state index in [-0.39, 0.29) is 4.90 Å². The molecule has 3 aromatic rings. The lowest BCUT2D eigenvalue weighted by Crippen LogP contribution is -2.32. The number of nitrogens with one attached hydrogen (secondary N) is 2. The van der Waals surface area contributed by atoms with Gasteiger partial charge in [-0.1, -0.05) is 12.1 Å². The maximum Gasteiger partial charge on any atom is 0.241 e. The summed E-state index contributed by atoms with van der Waals surface area (Å²) < 4.78 is 39.0. The van der Waals surface area contributed by atoms with Gasteiger partial charge < -0.3 is 14.8 Å². The minimum Gasteiger partial charge on any atom is -0.497 e. The van der Waals surface area contributed by atoms with Crippen molar-refractivity contribution in [2.24, 2.45) is 0 Å². The van der Waals surface area contributed by atoms with Gasteiger partial charge in [-0.15, -0.1) is 0 Å². The van der Waals surface area contributed by atoms with Crippen molar-refractivity contribution in [2.75, 3.05) is 33.4 Å². The van der Waals surface area contributed by atoms with Crippen LogP contribution in [0.5, 0.6) is 11.5 Å². The van der Waals surface area contributed by atoms with Crippen molar-refractivity contribution in [1.82, 2.24) is 15.0 Å². The minimum atomic E-state index is -3.67. The third-order valence-corrected chi connectivity index (χ3v) is 6.14. The number of hydrogen-bond acceptors (Lipinski definition) is 6. The van der Waals surface area contributed by atoms with Crippen molar-refractivity contribution >= 4 is 20.9 Å². The number of fused-ring (bicyclic) bond motifs is 1. The first-order valence-corrected chi connectivity index (χ1v) is 11.4. The monoisotopic (exact) mass is 429 g/mol. The third-order valence-electron chi connectivity index (χ3n) is 4.63. The Morgan fingerprint density at radius 3 is 2.53 bits per heavy atom. The topological polar surface area (TPSA) is 89.6 Å². The zero-order valence-electron chi connectivity index (χ0n) is 17.2. The van der Waals surface area contributed by atoms with Crippen molar-refractivity contribution < 1.29 is 17.9 Å². The van der Waals surface area contributed by atoms with Gasteiger partial charge in [0.2, 0.25) is 10.0 Å². The van der Waals surface area contributed by atoms with E-state index in [9.17, 15) is 8.42 Å². The molecule has 3 rings (SSSR count). The van der Waals surface area contributed by atoms with Crippen LogP contribution in [-0.2, 0) is 16.4 Å². The molecule has 0 bridgehead atoms. The normalized spacial score (nSPS) is 11.5. The van der Waals surface area contributed by atoms with Crippen LogP contribution in [0.25, 0.3) is 10.9 Å². The van der Waals surface area contributed by atoms with Crippen LogP contribution >= 0.6 is 0 Å². The minimum absolute atomic E-state index is 0.201. The molecule has 2 aromatic carbocycles. The first-order valence-electron chi connectivity index (χ1n) is 9.89. The Kier molecular flexibility index (Phi) is 7.62. The van der Waals surface area contributed by atoms with Crippen molar-refractivity contribution in [3.05, 3.63) is 60.3 Å². The van der Waals surface area contributed by atoms with Crippen LogP contribution in [0.2, 0.25) is 0 Å². The van der Waals surface area contributed by atoms with Gasteiger partial charge in [-0.2, -0.15) is 0 Å². The van der Waals surface area contributed by atoms with Crippen molar-refractivity contribution in [3.63, 3.8) is 0 Å². The summed E-state index contributed by atoms with van der Waals surface area (Å²) in [6, 6.07) is 14.6. The molecule has 1 aromatic heterocycles. The predicted octanol–water partition coefficient (Wildman–Crippen LogP) is 2.75. The van der Waals surface area contributed by atoms with Gasteiger partial charge in [0, 0.05) is 24.7 Å². The number of methoxy groups -OCH3 is 1. The molecular weight excluding hydrogens is 402 g/mol. The average Bonchev–Trinajstić information content (AvgIpc) is 2.77. The van der Waals surface area contributed by atoms with E-state index in [1.165, 1.54) is 5.56 Å². The molecule has 8 heteroatoms. The number of rotatable bonds is 11. The fourth-order valence-corrected chi connectivity index (χ4v) is 4.36. The lowest BCUT2D eigenvalue weighted by atomic mass is 10.1. The second kappa shape index (κ2) is 10.4. The number of ether oxygens (including phenoxy) is 2. The standard InChI is InChI=1S/C22H27N3O4S/c1-3-29-20-10-11-21(19-5-4-13-24-22(19)20)30(26,27)25-16-15-23-14-12-17-6-8-18(28-2)9-7-17/h4-11,13,23,25H,3,12,14-16H2,1-2H3. The van der Waals surface area contributed by atoms with Gasteiger partial charge in [0.25, 0.3) is 0 Å². The molecule has 2 N–H and O–H groups in total. The van der Waals surface area contributed by atoms with E-state index in [0.29, 0.717) is 36.3 Å². The lowest BCUT2D eigenvalue weighted by Gasteiger charge is -2.12. The molecule has 0 aliphatic rings. The van der Waals surface area contributed by atoms with E-state index in [1.807, 2.05) is 31.2 Å². The highest BCUT2D eigenvalue weighted by molar-refractivity contribution is 7.89. The quantitative estimate of drug-likeness (QED) is 0.456. The van der Waals surface area contributed by atoms with Gasteiger partial charge in [0.15, 0.2) is 0 Å². The summed E-state index contributed by atoms with van der Waals surface area (Å²) in [7, 11) is -2.02. The molecule has 0 saturated carbocycles. The van der Waals surface area contributed by atoms with Gasteiger partial charge in [0.1, 0.15) is 17.0 Å². The Labute approximate surface area is 177 Å². The largest absolute Gasteiger partial charge is 0.497 e. The molecule has 0 aliphatic heterocycles. The summed E-state index contributed by atoms with van der Waals surface area (Å²) in [6.07, 6.45) is 2.48. The highest BCUT2D eigenvalue weighted by atomic mass is 32.2. The second-order valence-corrected chi connectivity index (χ2v) is 8.38. The second-order valence-electron chi connectivity index (χ2n) is 6.64. The molecule has 0 saturated heterocycles. The van der Waals surface area contributed by atoms with Crippen LogP contribution < -0.4 is 19.5 Å². The number of aromatic nitrogens is 1. The summed E-state index contributed by atoms with van der Waals surface area (Å²) in [4.78, 5) is 4.50. The Bertz CT molecular complexity index is 1070. The molecule has 0 amide bonds. The molecule has 0 spiro atoms. The molecule has 0 aliphatic carbocycles. The summed E-state index contributed by atoms with van der Waals surface area (Å²) >= 11 is 0. The fraction of sp³-hybridized carbons (Fsp3) is 0.318. The Hall–Kier alpha value is -2.68. The maximum atomic E-state index is 12.8. The van der Waals surface area contributed by atoms with Crippen LogP contribution in [-0.4, -0.2) is 46.8 Å². The van der Waals surface area contributed by atoms with E-state index in [1.54, 1.807) is 37.6 Å². The Morgan fingerprint density at radius 1 is 1.00 bits per heavy atom. The van der Waals surface area contributed by atoms with Crippen LogP contribution in [0.15, 0.2) is 59.6 Å². The van der Waals surface area contributed by atoms with Gasteiger partial charge in [-0.3, -0.25) is 4.98 Å². The molecule has 0 fully saturated rings. The summed E-state index contributed by atoms with van der Waals surface area (Å²) in [6.45, 7) is 3.94. The smallest absolute Gasteiger partial charge is 0.241 e. The van der Waals surface area contributed by atoms with Crippen LogP contribution in [0.3, 0.4) is 0 Å². The number of pyridine rings is 1. The third kappa shape index (κ3) is 5.47. The summed E-state index contributed by atoms with van der Waals surface area (Å²) in [5.41, 5.74) is 1.73. The van der Waals surface area contributed by atoms with E-state index >= 15 is 0 Å².